The molecule has 2 rings (SSSR count). The average Bonchev–Trinajstić information content (AvgIpc) is 2.81. The smallest absolute Gasteiger partial charge is 0.407 e. The van der Waals surface area contributed by atoms with Crippen molar-refractivity contribution in [2.45, 2.75) is 83.3 Å². The van der Waals surface area contributed by atoms with Gasteiger partial charge in [-0.25, -0.2) is 9.59 Å². The van der Waals surface area contributed by atoms with E-state index in [4.69, 9.17) is 4.74 Å². The molecule has 0 fully saturated rings. The summed E-state index contributed by atoms with van der Waals surface area (Å²) in [5.41, 5.74) is -1.51. The summed E-state index contributed by atoms with van der Waals surface area (Å²) in [5, 5.41) is 37.6. The molecule has 0 radical (unpaired) electrons. The molecule has 2 aromatic rings. The number of rotatable bonds is 12. The van der Waals surface area contributed by atoms with Crippen molar-refractivity contribution in [3.63, 3.8) is 0 Å². The van der Waals surface area contributed by atoms with Gasteiger partial charge in [0, 0.05) is 12.8 Å². The number of benzene rings is 2. The number of carboxylic acid groups (broad SMARTS) is 1. The van der Waals surface area contributed by atoms with Crippen LogP contribution in [-0.4, -0.2) is 62.7 Å². The molecule has 2 amide bonds. The van der Waals surface area contributed by atoms with Gasteiger partial charge in [-0.05, 0) is 44.2 Å². The third-order valence-corrected chi connectivity index (χ3v) is 5.99. The lowest BCUT2D eigenvalue weighted by Crippen LogP contribution is -2.58. The largest absolute Gasteiger partial charge is 0.480 e. The number of amides is 2. The average molecular weight is 529 g/mol. The van der Waals surface area contributed by atoms with Crippen LogP contribution in [0.2, 0.25) is 0 Å². The zero-order chi connectivity index (χ0) is 28.5. The number of hydrogen-bond acceptors (Lipinski definition) is 6. The number of carbonyl (C=O) groups excluding carboxylic acids is 2. The Kier molecular flexibility index (Phi) is 10.9. The van der Waals surface area contributed by atoms with Gasteiger partial charge in [-0.2, -0.15) is 0 Å². The number of aliphatic hydroxyl groups excluding tert-OH is 1. The summed E-state index contributed by atoms with van der Waals surface area (Å²) in [4.78, 5) is 37.7. The lowest BCUT2D eigenvalue weighted by atomic mass is 9.84. The van der Waals surface area contributed by atoms with Gasteiger partial charge in [0.2, 0.25) is 0 Å². The molecule has 0 heterocycles. The molecule has 208 valence electrons. The fraction of sp³-hybridized carbons (Fsp3) is 0.483. The fourth-order valence-corrected chi connectivity index (χ4v) is 4.07. The minimum absolute atomic E-state index is 0.175. The summed E-state index contributed by atoms with van der Waals surface area (Å²) in [6.07, 6.45) is -2.57. The first-order valence-corrected chi connectivity index (χ1v) is 12.7. The van der Waals surface area contributed by atoms with Crippen LogP contribution in [0.3, 0.4) is 0 Å². The van der Waals surface area contributed by atoms with Crippen LogP contribution >= 0.6 is 0 Å². The van der Waals surface area contributed by atoms with Crippen LogP contribution in [0.5, 0.6) is 0 Å². The first kappa shape index (κ1) is 30.8. The standard InChI is InChI=1S/C29H40N2O7/c1-19(2)24(25(33)34)31-26(35)29(37,17-21-14-10-7-11-15-21)18-23(32)22(16-20-12-8-6-9-13-20)30-27(36)38-28(3,4)5/h6-15,19,22-24,32,37H,16-18H2,1-5H3,(H,30,36)(H,31,35)(H,33,34)/t22-,23-,24?,29-/m0/s1. The molecular formula is C29H40N2O7. The van der Waals surface area contributed by atoms with Gasteiger partial charge in [-0.15, -0.1) is 0 Å². The number of carboxylic acids is 1. The van der Waals surface area contributed by atoms with Crippen LogP contribution in [0.1, 0.15) is 52.2 Å². The summed E-state index contributed by atoms with van der Waals surface area (Å²) < 4.78 is 5.37. The monoisotopic (exact) mass is 528 g/mol. The normalized spacial score (nSPS) is 15.6. The van der Waals surface area contributed by atoms with Crippen molar-refractivity contribution in [1.29, 1.82) is 0 Å². The van der Waals surface area contributed by atoms with E-state index in [2.05, 4.69) is 10.6 Å². The van der Waals surface area contributed by atoms with E-state index in [1.54, 1.807) is 65.0 Å². The second-order valence-corrected chi connectivity index (χ2v) is 10.9. The summed E-state index contributed by atoms with van der Waals surface area (Å²) in [7, 11) is 0. The van der Waals surface area contributed by atoms with E-state index in [0.29, 0.717) is 5.56 Å². The number of ether oxygens (including phenoxy) is 1. The van der Waals surface area contributed by atoms with Crippen LogP contribution in [-0.2, 0) is 27.2 Å². The van der Waals surface area contributed by atoms with Gasteiger partial charge in [0.1, 0.15) is 17.2 Å². The Balaban J connectivity index is 2.37. The highest BCUT2D eigenvalue weighted by atomic mass is 16.6. The number of aliphatic carboxylic acids is 1. The number of nitrogens with one attached hydrogen (secondary N) is 2. The molecule has 1 unspecified atom stereocenters. The van der Waals surface area contributed by atoms with Gasteiger partial charge >= 0.3 is 12.1 Å². The van der Waals surface area contributed by atoms with Gasteiger partial charge < -0.3 is 30.7 Å². The second-order valence-electron chi connectivity index (χ2n) is 10.9. The topological polar surface area (TPSA) is 145 Å². The highest BCUT2D eigenvalue weighted by Gasteiger charge is 2.42. The molecule has 9 nitrogen and oxygen atoms in total. The Labute approximate surface area is 224 Å². The molecule has 38 heavy (non-hydrogen) atoms. The van der Waals surface area contributed by atoms with Crippen molar-refractivity contribution < 1.29 is 34.4 Å². The van der Waals surface area contributed by atoms with E-state index in [1.165, 1.54) is 0 Å². The third kappa shape index (κ3) is 9.79. The molecular weight excluding hydrogens is 488 g/mol. The highest BCUT2D eigenvalue weighted by molar-refractivity contribution is 5.89. The number of carbonyl (C=O) groups is 3. The van der Waals surface area contributed by atoms with Crippen molar-refractivity contribution in [3.05, 3.63) is 71.8 Å². The van der Waals surface area contributed by atoms with E-state index in [9.17, 15) is 29.7 Å². The highest BCUT2D eigenvalue weighted by Crippen LogP contribution is 2.24. The van der Waals surface area contributed by atoms with Gasteiger partial charge in [-0.1, -0.05) is 74.5 Å². The Morgan fingerprint density at radius 2 is 1.42 bits per heavy atom. The van der Waals surface area contributed by atoms with E-state index >= 15 is 0 Å². The predicted octanol–water partition coefficient (Wildman–Crippen LogP) is 3.07. The molecule has 0 aromatic heterocycles. The summed E-state index contributed by atoms with van der Waals surface area (Å²) in [5.74, 6) is -2.59. The zero-order valence-corrected chi connectivity index (χ0v) is 22.7. The molecule has 0 bridgehead atoms. The Bertz CT molecular complexity index is 1050. The summed E-state index contributed by atoms with van der Waals surface area (Å²) in [6, 6.07) is 15.7. The molecule has 5 N–H and O–H groups in total. The van der Waals surface area contributed by atoms with Crippen molar-refractivity contribution in [2.24, 2.45) is 5.92 Å². The number of hydrogen-bond donors (Lipinski definition) is 5. The maximum absolute atomic E-state index is 13.4. The predicted molar refractivity (Wildman–Crippen MR) is 143 cm³/mol. The molecule has 4 atom stereocenters. The molecule has 0 aliphatic rings. The second kappa shape index (κ2) is 13.4. The Morgan fingerprint density at radius 1 is 0.895 bits per heavy atom. The quantitative estimate of drug-likeness (QED) is 0.285. The van der Waals surface area contributed by atoms with Crippen LogP contribution in [0.4, 0.5) is 4.79 Å². The van der Waals surface area contributed by atoms with Gasteiger partial charge in [0.15, 0.2) is 0 Å². The van der Waals surface area contributed by atoms with Gasteiger partial charge in [0.05, 0.1) is 12.1 Å². The molecule has 0 saturated carbocycles. The molecule has 0 saturated heterocycles. The van der Waals surface area contributed by atoms with Crippen LogP contribution < -0.4 is 10.6 Å². The third-order valence-electron chi connectivity index (χ3n) is 5.99. The fourth-order valence-electron chi connectivity index (χ4n) is 4.07. The van der Waals surface area contributed by atoms with Gasteiger partial charge in [0.25, 0.3) is 5.91 Å². The number of aliphatic hydroxyl groups is 2. The SMILES string of the molecule is CC(C)C(NC(=O)[C@](O)(Cc1ccccc1)C[C@H](O)[C@H](Cc1ccccc1)NC(=O)OC(C)(C)C)C(=O)O. The van der Waals surface area contributed by atoms with Crippen LogP contribution in [0.25, 0.3) is 0 Å². The Morgan fingerprint density at radius 3 is 1.89 bits per heavy atom. The number of alkyl carbamates (subject to hydrolysis) is 1. The minimum atomic E-state index is -2.17. The zero-order valence-electron chi connectivity index (χ0n) is 22.7. The minimum Gasteiger partial charge on any atom is -0.480 e. The maximum Gasteiger partial charge on any atom is 0.407 e. The van der Waals surface area contributed by atoms with E-state index < -0.39 is 59.7 Å². The molecule has 0 spiro atoms. The lowest BCUT2D eigenvalue weighted by Gasteiger charge is -2.34. The van der Waals surface area contributed by atoms with Crippen molar-refractivity contribution >= 4 is 18.0 Å². The van der Waals surface area contributed by atoms with Crippen molar-refractivity contribution in [2.75, 3.05) is 0 Å². The Hall–Kier alpha value is -3.43. The first-order chi connectivity index (χ1) is 17.7. The van der Waals surface area contributed by atoms with Crippen LogP contribution in [0.15, 0.2) is 60.7 Å². The summed E-state index contributed by atoms with van der Waals surface area (Å²) in [6.45, 7) is 8.43. The first-order valence-electron chi connectivity index (χ1n) is 12.7. The molecule has 9 heteroatoms. The van der Waals surface area contributed by atoms with E-state index in [1.807, 2.05) is 30.3 Å². The van der Waals surface area contributed by atoms with E-state index in [0.717, 1.165) is 5.56 Å². The van der Waals surface area contributed by atoms with Gasteiger partial charge in [-0.3, -0.25) is 4.79 Å². The van der Waals surface area contributed by atoms with Crippen molar-refractivity contribution in [3.8, 4) is 0 Å². The van der Waals surface area contributed by atoms with Crippen molar-refractivity contribution in [1.82, 2.24) is 10.6 Å². The molecule has 0 aliphatic heterocycles. The maximum atomic E-state index is 13.4. The summed E-state index contributed by atoms with van der Waals surface area (Å²) >= 11 is 0. The van der Waals surface area contributed by atoms with E-state index in [-0.39, 0.29) is 12.8 Å². The molecule has 0 aliphatic carbocycles. The molecule has 2 aromatic carbocycles. The van der Waals surface area contributed by atoms with Crippen LogP contribution in [0, 0.1) is 5.92 Å². The lowest BCUT2D eigenvalue weighted by molar-refractivity contribution is -0.150.